The maximum atomic E-state index is 12.6. The molecule has 2 aromatic rings. The third-order valence-corrected chi connectivity index (χ3v) is 7.11. The van der Waals surface area contributed by atoms with Crippen LogP contribution in [0, 0.1) is 5.92 Å². The molecule has 0 bridgehead atoms. The van der Waals surface area contributed by atoms with Crippen molar-refractivity contribution in [2.75, 3.05) is 45.1 Å². The number of carbonyl (C=O) groups is 1. The molecule has 1 saturated heterocycles. The van der Waals surface area contributed by atoms with Crippen molar-refractivity contribution in [1.29, 1.82) is 0 Å². The Morgan fingerprint density at radius 2 is 1.73 bits per heavy atom. The van der Waals surface area contributed by atoms with Gasteiger partial charge >= 0.3 is 0 Å². The molecule has 2 aliphatic rings. The summed E-state index contributed by atoms with van der Waals surface area (Å²) in [6.45, 7) is 4.71. The molecule has 1 aromatic heterocycles. The molecule has 0 radical (unpaired) electrons. The summed E-state index contributed by atoms with van der Waals surface area (Å²) in [5.41, 5.74) is 0.866. The number of nitrogens with zero attached hydrogens (tertiary/aromatic N) is 4. The molecule has 0 spiro atoms. The van der Waals surface area contributed by atoms with Crippen LogP contribution in [-0.2, 0) is 11.3 Å². The van der Waals surface area contributed by atoms with E-state index in [0.717, 1.165) is 48.5 Å². The zero-order valence-corrected chi connectivity index (χ0v) is 20.6. The van der Waals surface area contributed by atoms with Gasteiger partial charge in [0.2, 0.25) is 17.6 Å². The molecule has 0 unspecified atom stereocenters. The summed E-state index contributed by atoms with van der Waals surface area (Å²) >= 11 is 1.45. The zero-order valence-electron chi connectivity index (χ0n) is 19.8. The summed E-state index contributed by atoms with van der Waals surface area (Å²) in [5.74, 6) is 3.61. The van der Waals surface area contributed by atoms with Gasteiger partial charge < -0.3 is 24.4 Å². The lowest BCUT2D eigenvalue weighted by Gasteiger charge is -2.31. The molecule has 33 heavy (non-hydrogen) atoms. The van der Waals surface area contributed by atoms with Crippen LogP contribution in [0.1, 0.15) is 44.2 Å². The second-order valence-corrected chi connectivity index (χ2v) is 9.59. The number of thioether (sulfide) groups is 1. The molecule has 10 heteroatoms. The fourth-order valence-corrected chi connectivity index (χ4v) is 4.89. The Hall–Kier alpha value is -2.62. The first-order chi connectivity index (χ1) is 16.0. The Kier molecular flexibility index (Phi) is 7.52. The number of methoxy groups -OCH3 is 3. The highest BCUT2D eigenvalue weighted by Gasteiger charge is 2.32. The number of ether oxygens (including phenoxy) is 3. The Morgan fingerprint density at radius 1 is 1.06 bits per heavy atom. The summed E-state index contributed by atoms with van der Waals surface area (Å²) in [4.78, 5) is 14.9. The predicted molar refractivity (Wildman–Crippen MR) is 128 cm³/mol. The Bertz CT molecular complexity index is 945. The summed E-state index contributed by atoms with van der Waals surface area (Å²) in [6, 6.07) is 4.13. The van der Waals surface area contributed by atoms with Crippen LogP contribution in [0.25, 0.3) is 0 Å². The molecule has 1 N–H and O–H groups in total. The third kappa shape index (κ3) is 5.48. The van der Waals surface area contributed by atoms with E-state index < -0.39 is 0 Å². The van der Waals surface area contributed by atoms with E-state index in [4.69, 9.17) is 14.2 Å². The number of carbonyl (C=O) groups excluding carboxylic acids is 1. The lowest BCUT2D eigenvalue weighted by molar-refractivity contribution is -0.118. The average Bonchev–Trinajstić information content (AvgIpc) is 3.59. The maximum Gasteiger partial charge on any atom is 0.230 e. The van der Waals surface area contributed by atoms with Crippen molar-refractivity contribution in [1.82, 2.24) is 20.1 Å². The SMILES string of the molecule is COc1cc(CNC(=O)CSc2nnc(N3CCC(C)CC3)n2C2CC2)cc(OC)c1OC. The highest BCUT2D eigenvalue weighted by atomic mass is 32.2. The molecule has 9 nitrogen and oxygen atoms in total. The van der Waals surface area contributed by atoms with Gasteiger partial charge in [-0.15, -0.1) is 10.2 Å². The van der Waals surface area contributed by atoms with Gasteiger partial charge in [-0.05, 0) is 49.3 Å². The smallest absolute Gasteiger partial charge is 0.230 e. The van der Waals surface area contributed by atoms with E-state index in [9.17, 15) is 4.79 Å². The molecule has 1 amide bonds. The van der Waals surface area contributed by atoms with Crippen molar-refractivity contribution < 1.29 is 19.0 Å². The van der Waals surface area contributed by atoms with Crippen molar-refractivity contribution in [2.24, 2.45) is 5.92 Å². The standard InChI is InChI=1S/C23H33N5O4S/c1-15-7-9-27(10-8-15)22-25-26-23(28(22)17-5-6-17)33-14-20(29)24-13-16-11-18(30-2)21(32-4)19(12-16)31-3/h11-12,15,17H,5-10,13-14H2,1-4H3,(H,24,29). The first-order valence-electron chi connectivity index (χ1n) is 11.4. The summed E-state index contributed by atoms with van der Waals surface area (Å²) < 4.78 is 18.4. The number of nitrogens with one attached hydrogen (secondary N) is 1. The molecule has 2 heterocycles. The monoisotopic (exact) mass is 475 g/mol. The van der Waals surface area contributed by atoms with Crippen LogP contribution in [-0.4, -0.2) is 60.8 Å². The minimum absolute atomic E-state index is 0.0626. The molecule has 1 aliphatic heterocycles. The number of piperidine rings is 1. The minimum atomic E-state index is -0.0626. The van der Waals surface area contributed by atoms with Crippen LogP contribution in [0.2, 0.25) is 0 Å². The van der Waals surface area contributed by atoms with Crippen LogP contribution in [0.5, 0.6) is 17.2 Å². The van der Waals surface area contributed by atoms with E-state index in [2.05, 4.69) is 31.9 Å². The molecule has 180 valence electrons. The second kappa shape index (κ2) is 10.5. The van der Waals surface area contributed by atoms with Gasteiger partial charge in [-0.3, -0.25) is 9.36 Å². The zero-order chi connectivity index (χ0) is 23.4. The fourth-order valence-electron chi connectivity index (χ4n) is 4.06. The molecule has 2 fully saturated rings. The first kappa shape index (κ1) is 23.5. The number of aromatic nitrogens is 3. The van der Waals surface area contributed by atoms with E-state index in [1.54, 1.807) is 21.3 Å². The summed E-state index contributed by atoms with van der Waals surface area (Å²) in [5, 5.41) is 12.7. The Balaban J connectivity index is 1.36. The summed E-state index contributed by atoms with van der Waals surface area (Å²) in [6.07, 6.45) is 4.67. The van der Waals surface area contributed by atoms with E-state index in [-0.39, 0.29) is 11.7 Å². The first-order valence-corrected chi connectivity index (χ1v) is 12.4. The number of benzene rings is 1. The van der Waals surface area contributed by atoms with Crippen molar-refractivity contribution in [2.45, 2.75) is 50.4 Å². The highest BCUT2D eigenvalue weighted by Crippen LogP contribution is 2.41. The van der Waals surface area contributed by atoms with Gasteiger partial charge in [0.25, 0.3) is 0 Å². The van der Waals surface area contributed by atoms with Gasteiger partial charge in [-0.2, -0.15) is 0 Å². The predicted octanol–water partition coefficient (Wildman–Crippen LogP) is 3.28. The largest absolute Gasteiger partial charge is 0.493 e. The lowest BCUT2D eigenvalue weighted by atomic mass is 10.00. The summed E-state index contributed by atoms with van der Waals surface area (Å²) in [7, 11) is 4.72. The molecule has 1 aliphatic carbocycles. The van der Waals surface area contributed by atoms with E-state index in [1.165, 1.54) is 24.6 Å². The molecule has 4 rings (SSSR count). The van der Waals surface area contributed by atoms with Crippen molar-refractivity contribution in [3.8, 4) is 17.2 Å². The topological polar surface area (TPSA) is 90.7 Å². The number of rotatable bonds is 10. The van der Waals surface area contributed by atoms with Crippen LogP contribution < -0.4 is 24.4 Å². The van der Waals surface area contributed by atoms with Gasteiger partial charge in [0.05, 0.1) is 27.1 Å². The van der Waals surface area contributed by atoms with E-state index in [0.29, 0.717) is 29.8 Å². The van der Waals surface area contributed by atoms with Gasteiger partial charge in [-0.25, -0.2) is 0 Å². The average molecular weight is 476 g/mol. The van der Waals surface area contributed by atoms with Crippen LogP contribution in [0.4, 0.5) is 5.95 Å². The molecule has 1 aromatic carbocycles. The highest BCUT2D eigenvalue weighted by molar-refractivity contribution is 7.99. The van der Waals surface area contributed by atoms with Crippen LogP contribution >= 0.6 is 11.8 Å². The van der Waals surface area contributed by atoms with Gasteiger partial charge in [0.1, 0.15) is 0 Å². The molecule has 0 atom stereocenters. The number of anilines is 1. The van der Waals surface area contributed by atoms with Gasteiger partial charge in [0, 0.05) is 25.7 Å². The number of hydrogen-bond acceptors (Lipinski definition) is 8. The fraction of sp³-hybridized carbons (Fsp3) is 0.609. The lowest BCUT2D eigenvalue weighted by Crippen LogP contribution is -2.34. The Morgan fingerprint density at radius 3 is 2.30 bits per heavy atom. The second-order valence-electron chi connectivity index (χ2n) is 8.65. The van der Waals surface area contributed by atoms with Crippen molar-refractivity contribution in [3.05, 3.63) is 17.7 Å². The van der Waals surface area contributed by atoms with E-state index >= 15 is 0 Å². The van der Waals surface area contributed by atoms with Crippen LogP contribution in [0.3, 0.4) is 0 Å². The van der Waals surface area contributed by atoms with Crippen molar-refractivity contribution in [3.63, 3.8) is 0 Å². The number of hydrogen-bond donors (Lipinski definition) is 1. The quantitative estimate of drug-likeness (QED) is 0.524. The molecular weight excluding hydrogens is 442 g/mol. The van der Waals surface area contributed by atoms with Crippen LogP contribution in [0.15, 0.2) is 17.3 Å². The normalized spacial score (nSPS) is 16.5. The van der Waals surface area contributed by atoms with Gasteiger partial charge in [-0.1, -0.05) is 18.7 Å². The number of amides is 1. The maximum absolute atomic E-state index is 12.6. The van der Waals surface area contributed by atoms with E-state index in [1.807, 2.05) is 12.1 Å². The molecular formula is C23H33N5O4S. The van der Waals surface area contributed by atoms with Gasteiger partial charge in [0.15, 0.2) is 16.7 Å². The van der Waals surface area contributed by atoms with Crippen molar-refractivity contribution >= 4 is 23.6 Å². The Labute approximate surface area is 199 Å². The minimum Gasteiger partial charge on any atom is -0.493 e. The molecule has 1 saturated carbocycles. The third-order valence-electron chi connectivity index (χ3n) is 6.17.